The molecule has 3 N–H and O–H groups in total. The van der Waals surface area contributed by atoms with Gasteiger partial charge < -0.3 is 19.8 Å². The molecule has 1 amide bonds. The number of rotatable bonds is 43. The number of hydrogen-bond acceptors (Lipinski definition) is 5. The van der Waals surface area contributed by atoms with Gasteiger partial charge in [-0.3, -0.25) is 13.8 Å². The zero-order chi connectivity index (χ0) is 42.1. The van der Waals surface area contributed by atoms with Crippen LogP contribution in [0.1, 0.15) is 213 Å². The van der Waals surface area contributed by atoms with Crippen molar-refractivity contribution < 1.29 is 32.9 Å². The van der Waals surface area contributed by atoms with Gasteiger partial charge in [0.05, 0.1) is 39.9 Å². The Balaban J connectivity index is 4.38. The second-order valence-corrected chi connectivity index (χ2v) is 18.9. The predicted molar refractivity (Wildman–Crippen MR) is 244 cm³/mol. The number of carbonyl (C=O) groups is 1. The number of quaternary nitrogens is 1. The lowest BCUT2D eigenvalue weighted by atomic mass is 10.0. The fraction of sp³-hybridized carbons (Fsp3) is 0.854. The Morgan fingerprint density at radius 1 is 0.579 bits per heavy atom. The number of phosphoric ester groups is 1. The van der Waals surface area contributed by atoms with Crippen LogP contribution in [0.3, 0.4) is 0 Å². The molecule has 3 unspecified atom stereocenters. The van der Waals surface area contributed by atoms with Crippen molar-refractivity contribution in [2.24, 2.45) is 0 Å². The number of nitrogens with one attached hydrogen (secondary N) is 1. The molecule has 0 bridgehead atoms. The molecule has 0 aliphatic rings. The summed E-state index contributed by atoms with van der Waals surface area (Å²) in [4.78, 5) is 23.1. The number of allylic oxidation sites excluding steroid dienone is 5. The molecule has 0 saturated carbocycles. The van der Waals surface area contributed by atoms with Gasteiger partial charge in [-0.1, -0.05) is 185 Å². The van der Waals surface area contributed by atoms with Crippen LogP contribution < -0.4 is 5.32 Å². The summed E-state index contributed by atoms with van der Waals surface area (Å²) < 4.78 is 23.6. The normalized spacial score (nSPS) is 14.6. The summed E-state index contributed by atoms with van der Waals surface area (Å²) in [5, 5.41) is 13.8. The second kappa shape index (κ2) is 40.1. The van der Waals surface area contributed by atoms with Crippen molar-refractivity contribution in [3.05, 3.63) is 36.5 Å². The maximum atomic E-state index is 12.9. The highest BCUT2D eigenvalue weighted by molar-refractivity contribution is 7.47. The van der Waals surface area contributed by atoms with Crippen molar-refractivity contribution in [1.29, 1.82) is 0 Å². The molecule has 57 heavy (non-hydrogen) atoms. The monoisotopic (exact) mass is 826 g/mol. The Morgan fingerprint density at radius 3 is 1.42 bits per heavy atom. The van der Waals surface area contributed by atoms with Gasteiger partial charge in [-0.05, 0) is 57.8 Å². The van der Waals surface area contributed by atoms with E-state index in [2.05, 4.69) is 43.5 Å². The largest absolute Gasteiger partial charge is 0.472 e. The molecule has 0 saturated heterocycles. The smallest absolute Gasteiger partial charge is 0.387 e. The quantitative estimate of drug-likeness (QED) is 0.0245. The van der Waals surface area contributed by atoms with Gasteiger partial charge in [-0.15, -0.1) is 0 Å². The highest BCUT2D eigenvalue weighted by atomic mass is 31.2. The van der Waals surface area contributed by atoms with Crippen LogP contribution in [0.4, 0.5) is 0 Å². The number of aliphatic hydroxyl groups is 1. The van der Waals surface area contributed by atoms with Gasteiger partial charge >= 0.3 is 7.82 Å². The van der Waals surface area contributed by atoms with Gasteiger partial charge in [0.2, 0.25) is 5.91 Å². The fourth-order valence-corrected chi connectivity index (χ4v) is 7.49. The number of likely N-dealkylation sites (N-methyl/N-ethyl adjacent to an activating group) is 1. The highest BCUT2D eigenvalue weighted by Gasteiger charge is 2.27. The number of amides is 1. The lowest BCUT2D eigenvalue weighted by molar-refractivity contribution is -0.870. The molecule has 0 aromatic carbocycles. The molecule has 0 rings (SSSR count). The standard InChI is InChI=1S/C48H93N2O6P/c1-6-8-10-12-14-16-18-20-21-22-23-24-25-26-27-28-30-31-33-35-37-39-41-47(51)46(45-56-57(53,54)55-44-43-50(3,4)5)49-48(52)42-40-38-36-34-32-29-19-17-15-13-11-9-7-2/h17,19,31,33,39,41,46-47,51H,6-16,18,20-30,32,34-38,40,42-45H2,1-5H3,(H-,49,52,53,54)/p+1/b19-17-,33-31+,41-39+. The van der Waals surface area contributed by atoms with Gasteiger partial charge in [0.1, 0.15) is 13.2 Å². The molecule has 0 radical (unpaired) electrons. The van der Waals surface area contributed by atoms with Crippen LogP contribution in [-0.2, 0) is 18.4 Å². The molecular weight excluding hydrogens is 732 g/mol. The van der Waals surface area contributed by atoms with Crippen LogP contribution in [0.15, 0.2) is 36.5 Å². The Labute approximate surface area is 353 Å². The van der Waals surface area contributed by atoms with E-state index in [1.54, 1.807) is 6.08 Å². The van der Waals surface area contributed by atoms with E-state index in [9.17, 15) is 19.4 Å². The van der Waals surface area contributed by atoms with Crippen LogP contribution >= 0.6 is 7.82 Å². The molecule has 0 aromatic heterocycles. The van der Waals surface area contributed by atoms with Crippen molar-refractivity contribution in [3.8, 4) is 0 Å². The van der Waals surface area contributed by atoms with E-state index >= 15 is 0 Å². The summed E-state index contributed by atoms with van der Waals surface area (Å²) in [5.41, 5.74) is 0. The topological polar surface area (TPSA) is 105 Å². The zero-order valence-corrected chi connectivity index (χ0v) is 39.0. The fourth-order valence-electron chi connectivity index (χ4n) is 6.76. The first-order valence-corrected chi connectivity index (χ1v) is 25.4. The van der Waals surface area contributed by atoms with E-state index in [0.29, 0.717) is 17.4 Å². The van der Waals surface area contributed by atoms with Crippen molar-refractivity contribution >= 4 is 13.7 Å². The van der Waals surface area contributed by atoms with Crippen molar-refractivity contribution in [1.82, 2.24) is 5.32 Å². The average Bonchev–Trinajstić information content (AvgIpc) is 3.16. The number of phosphoric acid groups is 1. The van der Waals surface area contributed by atoms with Crippen LogP contribution in [0.2, 0.25) is 0 Å². The molecule has 0 fully saturated rings. The third-order valence-electron chi connectivity index (χ3n) is 10.6. The van der Waals surface area contributed by atoms with Gasteiger partial charge in [0, 0.05) is 6.42 Å². The summed E-state index contributed by atoms with van der Waals surface area (Å²) >= 11 is 0. The SMILES string of the molecule is CCCCCC/C=C\CCCCCCCC(=O)NC(COP(=O)(O)OCC[N+](C)(C)C)C(O)/C=C/CC/C=C/CCCCCCCCCCCCCCCCCC. The average molecular weight is 826 g/mol. The predicted octanol–water partition coefficient (Wildman–Crippen LogP) is 13.5. The summed E-state index contributed by atoms with van der Waals surface area (Å²) in [5.74, 6) is -0.196. The van der Waals surface area contributed by atoms with Crippen LogP contribution in [-0.4, -0.2) is 73.4 Å². The molecule has 8 nitrogen and oxygen atoms in total. The maximum Gasteiger partial charge on any atom is 0.472 e. The van der Waals surface area contributed by atoms with E-state index in [0.717, 1.165) is 51.4 Å². The number of carbonyl (C=O) groups excluding carboxylic acids is 1. The number of aliphatic hydroxyl groups excluding tert-OH is 1. The van der Waals surface area contributed by atoms with Crippen molar-refractivity contribution in [2.45, 2.75) is 225 Å². The van der Waals surface area contributed by atoms with Crippen LogP contribution in [0.25, 0.3) is 0 Å². The molecule has 336 valence electrons. The third-order valence-corrected chi connectivity index (χ3v) is 11.6. The minimum Gasteiger partial charge on any atom is -0.387 e. The van der Waals surface area contributed by atoms with E-state index in [-0.39, 0.29) is 19.1 Å². The second-order valence-electron chi connectivity index (χ2n) is 17.5. The first kappa shape index (κ1) is 55.7. The minimum atomic E-state index is -4.35. The highest BCUT2D eigenvalue weighted by Crippen LogP contribution is 2.43. The van der Waals surface area contributed by atoms with Crippen LogP contribution in [0.5, 0.6) is 0 Å². The molecular formula is C48H94N2O6P+. The first-order chi connectivity index (χ1) is 27.5. The Kier molecular flexibility index (Phi) is 39.2. The summed E-state index contributed by atoms with van der Waals surface area (Å²) in [6, 6.07) is -0.865. The van der Waals surface area contributed by atoms with Gasteiger partial charge in [0.25, 0.3) is 0 Å². The Bertz CT molecular complexity index is 1030. The van der Waals surface area contributed by atoms with Crippen molar-refractivity contribution in [2.75, 3.05) is 40.9 Å². The summed E-state index contributed by atoms with van der Waals surface area (Å²) in [6.07, 6.45) is 49.4. The zero-order valence-electron chi connectivity index (χ0n) is 38.1. The van der Waals surface area contributed by atoms with Gasteiger partial charge in [0.15, 0.2) is 0 Å². The van der Waals surface area contributed by atoms with E-state index < -0.39 is 20.0 Å². The Morgan fingerprint density at radius 2 is 0.965 bits per heavy atom. The van der Waals surface area contributed by atoms with Gasteiger partial charge in [-0.2, -0.15) is 0 Å². The van der Waals surface area contributed by atoms with Gasteiger partial charge in [-0.25, -0.2) is 4.57 Å². The maximum absolute atomic E-state index is 12.9. The molecule has 0 heterocycles. The first-order valence-electron chi connectivity index (χ1n) is 23.9. The Hall–Kier alpha value is -1.28. The molecule has 0 aliphatic carbocycles. The van der Waals surface area contributed by atoms with E-state index in [4.69, 9.17) is 9.05 Å². The lowest BCUT2D eigenvalue weighted by Crippen LogP contribution is -2.45. The summed E-state index contributed by atoms with van der Waals surface area (Å²) in [7, 11) is 1.55. The van der Waals surface area contributed by atoms with E-state index in [1.807, 2.05) is 27.2 Å². The molecule has 9 heteroatoms. The van der Waals surface area contributed by atoms with E-state index in [1.165, 1.54) is 141 Å². The number of nitrogens with zero attached hydrogens (tertiary/aromatic N) is 1. The van der Waals surface area contributed by atoms with Crippen molar-refractivity contribution in [3.63, 3.8) is 0 Å². The number of hydrogen-bond donors (Lipinski definition) is 3. The molecule has 0 aromatic rings. The van der Waals surface area contributed by atoms with Crippen LogP contribution in [0, 0.1) is 0 Å². The third kappa shape index (κ3) is 42.6. The lowest BCUT2D eigenvalue weighted by Gasteiger charge is -2.25. The minimum absolute atomic E-state index is 0.0547. The molecule has 3 atom stereocenters. The molecule has 0 spiro atoms. The molecule has 0 aliphatic heterocycles. The number of unbranched alkanes of at least 4 members (excludes halogenated alkanes) is 26. The summed E-state index contributed by atoms with van der Waals surface area (Å²) in [6.45, 7) is 4.78.